The minimum absolute atomic E-state index is 0.249. The van der Waals surface area contributed by atoms with Crippen molar-refractivity contribution in [3.8, 4) is 0 Å². The first-order valence-electron chi connectivity index (χ1n) is 30.7. The molecular weight excluding hydrogens is 907 g/mol. The van der Waals surface area contributed by atoms with E-state index in [1.807, 2.05) is 0 Å². The van der Waals surface area contributed by atoms with E-state index in [9.17, 15) is 40.5 Å². The molecule has 8 N–H and O–H groups in total. The summed E-state index contributed by atoms with van der Waals surface area (Å²) in [6.07, 6.45) is 49.8. The molecule has 426 valence electrons. The van der Waals surface area contributed by atoms with Gasteiger partial charge in [0.15, 0.2) is 6.29 Å². The number of aliphatic hydroxyl groups excluding tert-OH is 7. The largest absolute Gasteiger partial charge is 0.394 e. The third-order valence-electron chi connectivity index (χ3n) is 15.0. The maximum Gasteiger partial charge on any atom is 0.249 e. The SMILES string of the molecule is CCCCCCCCCCCCCCCCCCCCCCCCC/C=C/CC/C=C/CCCC(O)C(O)C(COC1OC(CO)C(O)C(O)C1O)NC(=O)C(O)CCCCCCCCCCCCCCC. The molecule has 0 aromatic carbocycles. The quantitative estimate of drug-likeness (QED) is 0.0215. The maximum absolute atomic E-state index is 13.1. The van der Waals surface area contributed by atoms with Gasteiger partial charge in [-0.25, -0.2) is 0 Å². The first kappa shape index (κ1) is 68.6. The molecule has 0 radical (unpaired) electrons. The summed E-state index contributed by atoms with van der Waals surface area (Å²) >= 11 is 0. The van der Waals surface area contributed by atoms with Gasteiger partial charge < -0.3 is 50.5 Å². The molecule has 0 saturated carbocycles. The Morgan fingerprint density at radius 3 is 1.24 bits per heavy atom. The molecule has 1 rings (SSSR count). The highest BCUT2D eigenvalue weighted by atomic mass is 16.7. The monoisotopic (exact) mass is 1020 g/mol. The molecule has 11 heteroatoms. The van der Waals surface area contributed by atoms with Crippen LogP contribution >= 0.6 is 0 Å². The molecule has 1 amide bonds. The molecule has 1 fully saturated rings. The zero-order chi connectivity index (χ0) is 52.5. The smallest absolute Gasteiger partial charge is 0.249 e. The van der Waals surface area contributed by atoms with Crippen LogP contribution in [-0.4, -0.2) is 110 Å². The number of ether oxygens (including phenoxy) is 2. The Labute approximate surface area is 442 Å². The van der Waals surface area contributed by atoms with E-state index in [0.29, 0.717) is 19.3 Å². The van der Waals surface area contributed by atoms with Crippen LogP contribution < -0.4 is 5.32 Å². The molecule has 1 aliphatic heterocycles. The predicted octanol–water partition coefficient (Wildman–Crippen LogP) is 13.3. The van der Waals surface area contributed by atoms with Crippen molar-refractivity contribution in [1.82, 2.24) is 5.32 Å². The van der Waals surface area contributed by atoms with E-state index in [-0.39, 0.29) is 12.8 Å². The third kappa shape index (κ3) is 38.2. The van der Waals surface area contributed by atoms with Gasteiger partial charge in [0.25, 0.3) is 0 Å². The van der Waals surface area contributed by atoms with Gasteiger partial charge in [0.1, 0.15) is 36.6 Å². The van der Waals surface area contributed by atoms with Gasteiger partial charge >= 0.3 is 0 Å². The fourth-order valence-corrected chi connectivity index (χ4v) is 9.99. The van der Waals surface area contributed by atoms with Crippen molar-refractivity contribution in [2.75, 3.05) is 13.2 Å². The standard InChI is InChI=1S/C61H117NO10/c1-3-5-7-9-11-13-15-17-18-19-20-21-22-23-24-25-26-27-28-29-30-31-32-33-34-35-37-38-40-42-44-46-48-53(64)56(66)52(51-71-61-59(69)58(68)57(67)55(50-63)72-61)62-60(70)54(65)49-47-45-43-41-39-36-16-14-12-10-8-6-4-2/h34-35,40,42,52-59,61,63-69H,3-33,36-39,41,43-51H2,1-2H3,(H,62,70)/b35-34+,42-40+. The Hall–Kier alpha value is -1.41. The molecular formula is C61H117NO10. The van der Waals surface area contributed by atoms with Crippen LogP contribution in [0.4, 0.5) is 0 Å². The van der Waals surface area contributed by atoms with Gasteiger partial charge in [0, 0.05) is 0 Å². The summed E-state index contributed by atoms with van der Waals surface area (Å²) < 4.78 is 11.1. The zero-order valence-corrected chi connectivity index (χ0v) is 46.7. The van der Waals surface area contributed by atoms with Gasteiger partial charge in [-0.15, -0.1) is 0 Å². The molecule has 0 spiro atoms. The minimum Gasteiger partial charge on any atom is -0.394 e. The van der Waals surface area contributed by atoms with Gasteiger partial charge in [0.2, 0.25) is 5.91 Å². The van der Waals surface area contributed by atoms with Crippen LogP contribution in [0.3, 0.4) is 0 Å². The minimum atomic E-state index is -1.67. The lowest BCUT2D eigenvalue weighted by atomic mass is 9.98. The van der Waals surface area contributed by atoms with Gasteiger partial charge in [-0.05, 0) is 51.4 Å². The molecule has 72 heavy (non-hydrogen) atoms. The summed E-state index contributed by atoms with van der Waals surface area (Å²) in [5, 5.41) is 76.0. The highest BCUT2D eigenvalue weighted by Crippen LogP contribution is 2.23. The molecule has 0 aliphatic carbocycles. The molecule has 0 aromatic heterocycles. The number of aliphatic hydroxyl groups is 7. The van der Waals surface area contributed by atoms with Crippen LogP contribution in [0.25, 0.3) is 0 Å². The highest BCUT2D eigenvalue weighted by molar-refractivity contribution is 5.80. The van der Waals surface area contributed by atoms with E-state index >= 15 is 0 Å². The van der Waals surface area contributed by atoms with Gasteiger partial charge in [-0.1, -0.05) is 263 Å². The Balaban J connectivity index is 2.23. The Bertz CT molecular complexity index is 1220. The molecule has 9 atom stereocenters. The lowest BCUT2D eigenvalue weighted by Crippen LogP contribution is -2.60. The van der Waals surface area contributed by atoms with Gasteiger partial charge in [-0.3, -0.25) is 4.79 Å². The lowest BCUT2D eigenvalue weighted by molar-refractivity contribution is -0.303. The van der Waals surface area contributed by atoms with Crippen molar-refractivity contribution in [3.05, 3.63) is 24.3 Å². The zero-order valence-electron chi connectivity index (χ0n) is 46.7. The number of rotatable bonds is 53. The van der Waals surface area contributed by atoms with E-state index in [1.165, 1.54) is 205 Å². The van der Waals surface area contributed by atoms with Crippen LogP contribution in [0.15, 0.2) is 24.3 Å². The van der Waals surface area contributed by atoms with Crippen LogP contribution in [0.5, 0.6) is 0 Å². The van der Waals surface area contributed by atoms with Crippen molar-refractivity contribution in [3.63, 3.8) is 0 Å². The van der Waals surface area contributed by atoms with E-state index < -0.39 is 74.2 Å². The second-order valence-corrected chi connectivity index (χ2v) is 21.8. The molecule has 11 nitrogen and oxygen atoms in total. The fourth-order valence-electron chi connectivity index (χ4n) is 9.99. The lowest BCUT2D eigenvalue weighted by Gasteiger charge is -2.40. The number of nitrogens with one attached hydrogen (secondary N) is 1. The molecule has 0 aromatic rings. The molecule has 0 bridgehead atoms. The summed E-state index contributed by atoms with van der Waals surface area (Å²) in [6, 6.07) is -1.19. The van der Waals surface area contributed by atoms with Crippen molar-refractivity contribution < 1.29 is 50.0 Å². The summed E-state index contributed by atoms with van der Waals surface area (Å²) in [5.74, 6) is -0.708. The Morgan fingerprint density at radius 2 is 0.833 bits per heavy atom. The van der Waals surface area contributed by atoms with E-state index in [2.05, 4.69) is 43.5 Å². The maximum atomic E-state index is 13.1. The van der Waals surface area contributed by atoms with Crippen LogP contribution in [0.2, 0.25) is 0 Å². The summed E-state index contributed by atoms with van der Waals surface area (Å²) in [6.45, 7) is 3.45. The molecule has 1 saturated heterocycles. The van der Waals surface area contributed by atoms with E-state index in [4.69, 9.17) is 9.47 Å². The molecule has 1 heterocycles. The Morgan fingerprint density at radius 1 is 0.472 bits per heavy atom. The van der Waals surface area contributed by atoms with Gasteiger partial charge in [0.05, 0.1) is 25.4 Å². The summed E-state index contributed by atoms with van der Waals surface area (Å²) in [5.41, 5.74) is 0. The first-order valence-corrected chi connectivity index (χ1v) is 30.7. The third-order valence-corrected chi connectivity index (χ3v) is 15.0. The second-order valence-electron chi connectivity index (χ2n) is 21.8. The number of hydrogen-bond acceptors (Lipinski definition) is 10. The molecule has 1 aliphatic rings. The number of hydrogen-bond donors (Lipinski definition) is 8. The second kappa shape index (κ2) is 50.4. The number of carbonyl (C=O) groups is 1. The average molecular weight is 1020 g/mol. The van der Waals surface area contributed by atoms with Crippen molar-refractivity contribution in [2.45, 2.75) is 345 Å². The predicted molar refractivity (Wildman–Crippen MR) is 298 cm³/mol. The van der Waals surface area contributed by atoms with Crippen molar-refractivity contribution in [1.29, 1.82) is 0 Å². The highest BCUT2D eigenvalue weighted by Gasteiger charge is 2.44. The first-order chi connectivity index (χ1) is 35.2. The van der Waals surface area contributed by atoms with Crippen LogP contribution in [-0.2, 0) is 14.3 Å². The summed E-state index contributed by atoms with van der Waals surface area (Å²) in [7, 11) is 0. The topological polar surface area (TPSA) is 189 Å². The summed E-state index contributed by atoms with van der Waals surface area (Å²) in [4.78, 5) is 13.1. The van der Waals surface area contributed by atoms with Crippen LogP contribution in [0.1, 0.15) is 290 Å². The number of amides is 1. The number of carbonyl (C=O) groups excluding carboxylic acids is 1. The Kier molecular flexibility index (Phi) is 48.0. The van der Waals surface area contributed by atoms with Gasteiger partial charge in [-0.2, -0.15) is 0 Å². The number of unbranched alkanes of at least 4 members (excludes halogenated alkanes) is 37. The van der Waals surface area contributed by atoms with Crippen LogP contribution in [0, 0.1) is 0 Å². The average Bonchev–Trinajstić information content (AvgIpc) is 3.38. The van der Waals surface area contributed by atoms with E-state index in [0.717, 1.165) is 38.5 Å². The number of allylic oxidation sites excluding steroid dienone is 4. The van der Waals surface area contributed by atoms with Crippen molar-refractivity contribution >= 4 is 5.91 Å². The fraction of sp³-hybridized carbons (Fsp3) is 0.918. The molecule has 9 unspecified atom stereocenters. The van der Waals surface area contributed by atoms with E-state index in [1.54, 1.807) is 0 Å². The normalized spacial score (nSPS) is 20.2. The van der Waals surface area contributed by atoms with Crippen molar-refractivity contribution in [2.24, 2.45) is 0 Å².